The van der Waals surface area contributed by atoms with Gasteiger partial charge in [-0.15, -0.1) is 0 Å². The van der Waals surface area contributed by atoms with E-state index in [0.29, 0.717) is 5.56 Å². The molecule has 118 valence electrons. The first kappa shape index (κ1) is 15.2. The monoisotopic (exact) mass is 308 g/mol. The molecule has 1 aliphatic carbocycles. The number of ether oxygens (including phenoxy) is 2. The highest BCUT2D eigenvalue weighted by Crippen LogP contribution is 2.23. The van der Waals surface area contributed by atoms with Crippen LogP contribution in [0.15, 0.2) is 41.5 Å². The molecule has 1 atom stereocenters. The molecular formula is C19H20N2O2. The van der Waals surface area contributed by atoms with E-state index >= 15 is 0 Å². The second-order valence-corrected chi connectivity index (χ2v) is 5.72. The number of rotatable bonds is 2. The third-order valence-electron chi connectivity index (χ3n) is 4.12. The largest absolute Gasteiger partial charge is 0.454 e. The van der Waals surface area contributed by atoms with Crippen LogP contribution in [0.2, 0.25) is 0 Å². The topological polar surface area (TPSA) is 47.2 Å². The summed E-state index contributed by atoms with van der Waals surface area (Å²) in [6, 6.07) is 2.35. The number of nitriles is 1. The lowest BCUT2D eigenvalue weighted by Crippen LogP contribution is -2.31. The summed E-state index contributed by atoms with van der Waals surface area (Å²) in [6.45, 7) is 6.35. The Labute approximate surface area is 135 Å². The van der Waals surface area contributed by atoms with Crippen molar-refractivity contribution in [3.63, 3.8) is 0 Å². The van der Waals surface area contributed by atoms with Gasteiger partial charge in [-0.1, -0.05) is 17.7 Å². The van der Waals surface area contributed by atoms with Gasteiger partial charge in [0.2, 0.25) is 6.79 Å². The minimum Gasteiger partial charge on any atom is -0.454 e. The van der Waals surface area contributed by atoms with Gasteiger partial charge in [0, 0.05) is 16.8 Å². The molecule has 4 heteroatoms. The molecule has 1 saturated heterocycles. The van der Waals surface area contributed by atoms with Crippen molar-refractivity contribution in [1.82, 2.24) is 4.57 Å². The van der Waals surface area contributed by atoms with Crippen LogP contribution >= 0.6 is 0 Å². The molecule has 0 N–H and O–H groups in total. The van der Waals surface area contributed by atoms with Gasteiger partial charge >= 0.3 is 0 Å². The predicted molar refractivity (Wildman–Crippen MR) is 89.3 cm³/mol. The number of aromatic nitrogens is 1. The lowest BCUT2D eigenvalue weighted by atomic mass is 10.2. The zero-order valence-corrected chi connectivity index (χ0v) is 13.7. The highest BCUT2D eigenvalue weighted by Gasteiger charge is 2.18. The van der Waals surface area contributed by atoms with Crippen molar-refractivity contribution in [2.24, 2.45) is 0 Å². The van der Waals surface area contributed by atoms with Crippen LogP contribution < -0.4 is 10.6 Å². The summed E-state index contributed by atoms with van der Waals surface area (Å²) in [6.07, 6.45) is 13.1. The first-order chi connectivity index (χ1) is 11.1. The molecule has 1 fully saturated rings. The molecule has 1 aromatic heterocycles. The standard InChI is InChI=1S/C19H20N2O2/c1-4-18-19(23-12-22-18)9-14(3)21-11-15(10-20)16-7-5-6-13(2)8-17(16)21/h4,6-9,11,14H,5,12H2,1-3H3/b18-4+,19-9+. The molecule has 1 aliphatic heterocycles. The van der Waals surface area contributed by atoms with Crippen molar-refractivity contribution in [3.05, 3.63) is 57.6 Å². The third-order valence-corrected chi connectivity index (χ3v) is 4.12. The lowest BCUT2D eigenvalue weighted by molar-refractivity contribution is 0.0971. The second kappa shape index (κ2) is 6.21. The Hall–Kier alpha value is -2.67. The van der Waals surface area contributed by atoms with Gasteiger partial charge in [-0.05, 0) is 45.4 Å². The Morgan fingerprint density at radius 3 is 2.83 bits per heavy atom. The van der Waals surface area contributed by atoms with E-state index in [9.17, 15) is 5.26 Å². The van der Waals surface area contributed by atoms with Gasteiger partial charge in [0.15, 0.2) is 11.5 Å². The first-order valence-corrected chi connectivity index (χ1v) is 7.77. The Morgan fingerprint density at radius 1 is 1.30 bits per heavy atom. The van der Waals surface area contributed by atoms with E-state index in [1.165, 1.54) is 5.57 Å². The Bertz CT molecular complexity index is 876. The van der Waals surface area contributed by atoms with E-state index in [1.54, 1.807) is 0 Å². The fraction of sp³-hybridized carbons (Fsp3) is 0.316. The maximum absolute atomic E-state index is 9.43. The van der Waals surface area contributed by atoms with Crippen molar-refractivity contribution >= 4 is 12.2 Å². The highest BCUT2D eigenvalue weighted by atomic mass is 16.7. The molecule has 2 heterocycles. The Morgan fingerprint density at radius 2 is 2.09 bits per heavy atom. The lowest BCUT2D eigenvalue weighted by Gasteiger charge is -2.11. The Balaban J connectivity index is 2.12. The van der Waals surface area contributed by atoms with Crippen LogP contribution in [0.4, 0.5) is 0 Å². The van der Waals surface area contributed by atoms with E-state index in [0.717, 1.165) is 28.5 Å². The van der Waals surface area contributed by atoms with Gasteiger partial charge in [-0.3, -0.25) is 0 Å². The van der Waals surface area contributed by atoms with Gasteiger partial charge in [0.05, 0.1) is 11.6 Å². The molecule has 0 bridgehead atoms. The van der Waals surface area contributed by atoms with Gasteiger partial charge in [-0.2, -0.15) is 5.26 Å². The van der Waals surface area contributed by atoms with Crippen LogP contribution in [0, 0.1) is 11.3 Å². The molecule has 0 radical (unpaired) electrons. The SMILES string of the molecule is C/C=C1/OCO/C1=C/C(C)n1cc(C#N)c2c1=CC(C)=CCC=2. The van der Waals surface area contributed by atoms with Crippen molar-refractivity contribution in [1.29, 1.82) is 5.26 Å². The van der Waals surface area contributed by atoms with Crippen molar-refractivity contribution in [3.8, 4) is 6.07 Å². The minimum absolute atomic E-state index is 0.0491. The van der Waals surface area contributed by atoms with E-state index in [4.69, 9.17) is 9.47 Å². The maximum atomic E-state index is 9.43. The zero-order chi connectivity index (χ0) is 16.4. The minimum atomic E-state index is 0.0491. The summed E-state index contributed by atoms with van der Waals surface area (Å²) >= 11 is 0. The second-order valence-electron chi connectivity index (χ2n) is 5.72. The summed E-state index contributed by atoms with van der Waals surface area (Å²) in [7, 11) is 0. The number of fused-ring (bicyclic) bond motifs is 1. The van der Waals surface area contributed by atoms with Crippen molar-refractivity contribution in [2.75, 3.05) is 6.79 Å². The number of allylic oxidation sites excluding steroid dienone is 4. The van der Waals surface area contributed by atoms with Crippen LogP contribution in [0.3, 0.4) is 0 Å². The molecule has 1 aromatic rings. The van der Waals surface area contributed by atoms with Crippen molar-refractivity contribution < 1.29 is 9.47 Å². The van der Waals surface area contributed by atoms with Crippen LogP contribution in [-0.4, -0.2) is 11.4 Å². The Kier molecular flexibility index (Phi) is 4.12. The normalized spacial score (nSPS) is 21.2. The number of hydrogen-bond donors (Lipinski definition) is 0. The predicted octanol–water partition coefficient (Wildman–Crippen LogP) is 2.62. The molecule has 0 aromatic carbocycles. The average molecular weight is 308 g/mol. The molecule has 0 amide bonds. The van der Waals surface area contributed by atoms with Crippen LogP contribution in [-0.2, 0) is 9.47 Å². The average Bonchev–Trinajstić information content (AvgIpc) is 3.07. The van der Waals surface area contributed by atoms with Gasteiger partial charge < -0.3 is 14.0 Å². The molecule has 1 unspecified atom stereocenters. The summed E-state index contributed by atoms with van der Waals surface area (Å²) < 4.78 is 13.1. The van der Waals surface area contributed by atoms with E-state index in [1.807, 2.05) is 25.3 Å². The van der Waals surface area contributed by atoms with Crippen molar-refractivity contribution in [2.45, 2.75) is 33.2 Å². The fourth-order valence-corrected chi connectivity index (χ4v) is 2.94. The van der Waals surface area contributed by atoms with E-state index in [2.05, 4.69) is 42.7 Å². The quantitative estimate of drug-likeness (QED) is 0.844. The highest BCUT2D eigenvalue weighted by molar-refractivity contribution is 5.52. The van der Waals surface area contributed by atoms with Gasteiger partial charge in [-0.25, -0.2) is 0 Å². The number of nitrogens with zero attached hydrogens (tertiary/aromatic N) is 2. The zero-order valence-electron chi connectivity index (χ0n) is 13.7. The van der Waals surface area contributed by atoms with E-state index in [-0.39, 0.29) is 12.8 Å². The van der Waals surface area contributed by atoms with Crippen LogP contribution in [0.25, 0.3) is 12.2 Å². The third kappa shape index (κ3) is 2.83. The smallest absolute Gasteiger partial charge is 0.231 e. The van der Waals surface area contributed by atoms with Gasteiger partial charge in [0.25, 0.3) is 0 Å². The molecule has 2 aliphatic rings. The molecular weight excluding hydrogens is 288 g/mol. The van der Waals surface area contributed by atoms with E-state index < -0.39 is 0 Å². The molecule has 0 spiro atoms. The molecule has 3 rings (SSSR count). The summed E-state index contributed by atoms with van der Waals surface area (Å²) in [5.41, 5.74) is 1.91. The summed E-state index contributed by atoms with van der Waals surface area (Å²) in [4.78, 5) is 0. The van der Waals surface area contributed by atoms with Crippen LogP contribution in [0.5, 0.6) is 0 Å². The molecule has 4 nitrogen and oxygen atoms in total. The first-order valence-electron chi connectivity index (χ1n) is 7.77. The van der Waals surface area contributed by atoms with Gasteiger partial charge in [0.1, 0.15) is 6.07 Å². The summed E-state index contributed by atoms with van der Waals surface area (Å²) in [5, 5.41) is 11.5. The molecule has 0 saturated carbocycles. The molecule has 23 heavy (non-hydrogen) atoms. The summed E-state index contributed by atoms with van der Waals surface area (Å²) in [5.74, 6) is 1.52. The van der Waals surface area contributed by atoms with Crippen LogP contribution in [0.1, 0.15) is 38.8 Å². The maximum Gasteiger partial charge on any atom is 0.231 e. The number of hydrogen-bond acceptors (Lipinski definition) is 3. The fourth-order valence-electron chi connectivity index (χ4n) is 2.94.